The van der Waals surface area contributed by atoms with Crippen LogP contribution >= 0.6 is 0 Å². The molecule has 1 aromatic carbocycles. The molecule has 2 aromatic rings. The van der Waals surface area contributed by atoms with Crippen molar-refractivity contribution in [3.05, 3.63) is 47.0 Å². The number of aryl methyl sites for hydroxylation is 2. The van der Waals surface area contributed by atoms with E-state index in [0.717, 1.165) is 0 Å². The molecule has 1 aliphatic rings. The van der Waals surface area contributed by atoms with Gasteiger partial charge in [0.15, 0.2) is 0 Å². The first-order valence-electron chi connectivity index (χ1n) is 8.84. The molecule has 0 aliphatic carbocycles. The molecule has 8 heteroatoms. The van der Waals surface area contributed by atoms with E-state index in [2.05, 4.69) is 10.00 Å². The second-order valence-electron chi connectivity index (χ2n) is 6.59. The number of rotatable bonds is 5. The van der Waals surface area contributed by atoms with Crippen LogP contribution in [0.5, 0.6) is 0 Å². The van der Waals surface area contributed by atoms with Gasteiger partial charge in [0.2, 0.25) is 10.0 Å². The van der Waals surface area contributed by atoms with Crippen molar-refractivity contribution < 1.29 is 12.8 Å². The van der Waals surface area contributed by atoms with Gasteiger partial charge in [-0.2, -0.15) is 9.40 Å². The summed E-state index contributed by atoms with van der Waals surface area (Å²) in [5.41, 5.74) is 1.86. The first-order valence-corrected chi connectivity index (χ1v) is 10.3. The summed E-state index contributed by atoms with van der Waals surface area (Å²) < 4.78 is 43.2. The van der Waals surface area contributed by atoms with Crippen LogP contribution in [0.2, 0.25) is 0 Å². The standard InChI is InChI=1S/C18H25FN4O2S/c1-4-23-15(3)18(14(2)20-23)26(24,25)22-11-9-21(10-12-22)13-16-7-5-6-8-17(16)19/h5-8H,4,9-13H2,1-3H3. The minimum atomic E-state index is -3.57. The summed E-state index contributed by atoms with van der Waals surface area (Å²) in [6.45, 7) is 8.55. The van der Waals surface area contributed by atoms with Crippen LogP contribution in [0.3, 0.4) is 0 Å². The Morgan fingerprint density at radius 2 is 1.77 bits per heavy atom. The molecule has 2 heterocycles. The summed E-state index contributed by atoms with van der Waals surface area (Å²) in [5, 5.41) is 4.33. The first kappa shape index (κ1) is 19.0. The van der Waals surface area contributed by atoms with Crippen molar-refractivity contribution in [2.75, 3.05) is 26.2 Å². The Balaban J connectivity index is 1.71. The predicted octanol–water partition coefficient (Wildman–Crippen LogP) is 2.17. The van der Waals surface area contributed by atoms with Crippen LogP contribution in [0.1, 0.15) is 23.9 Å². The second kappa shape index (κ2) is 7.46. The summed E-state index contributed by atoms with van der Waals surface area (Å²) in [7, 11) is -3.57. The van der Waals surface area contributed by atoms with Crippen molar-refractivity contribution in [3.8, 4) is 0 Å². The zero-order valence-corrected chi connectivity index (χ0v) is 16.3. The Bertz CT molecular complexity index is 887. The van der Waals surface area contributed by atoms with Crippen molar-refractivity contribution in [2.24, 2.45) is 0 Å². The molecule has 0 atom stereocenters. The lowest BCUT2D eigenvalue weighted by Gasteiger charge is -2.34. The Labute approximate surface area is 154 Å². The van der Waals surface area contributed by atoms with E-state index in [-0.39, 0.29) is 5.82 Å². The third kappa shape index (κ3) is 3.54. The lowest BCUT2D eigenvalue weighted by Crippen LogP contribution is -2.48. The molecule has 6 nitrogen and oxygen atoms in total. The van der Waals surface area contributed by atoms with Crippen LogP contribution in [-0.4, -0.2) is 53.6 Å². The number of hydrogen-bond acceptors (Lipinski definition) is 4. The molecule has 26 heavy (non-hydrogen) atoms. The van der Waals surface area contributed by atoms with E-state index in [9.17, 15) is 12.8 Å². The number of nitrogens with zero attached hydrogens (tertiary/aromatic N) is 4. The van der Waals surface area contributed by atoms with Crippen molar-refractivity contribution in [1.82, 2.24) is 19.0 Å². The average Bonchev–Trinajstić information content (AvgIpc) is 2.91. The van der Waals surface area contributed by atoms with E-state index in [4.69, 9.17) is 0 Å². The minimum Gasteiger partial charge on any atom is -0.296 e. The molecular formula is C18H25FN4O2S. The fourth-order valence-corrected chi connectivity index (χ4v) is 5.28. The number of sulfonamides is 1. The van der Waals surface area contributed by atoms with E-state index in [1.807, 2.05) is 13.0 Å². The summed E-state index contributed by atoms with van der Waals surface area (Å²) in [6.07, 6.45) is 0. The maximum absolute atomic E-state index is 13.8. The SMILES string of the molecule is CCn1nc(C)c(S(=O)(=O)N2CCN(Cc3ccccc3F)CC2)c1C. The maximum Gasteiger partial charge on any atom is 0.246 e. The van der Waals surface area contributed by atoms with Crippen molar-refractivity contribution in [3.63, 3.8) is 0 Å². The molecular weight excluding hydrogens is 355 g/mol. The molecule has 0 unspecified atom stereocenters. The molecule has 1 aromatic heterocycles. The van der Waals surface area contributed by atoms with Gasteiger partial charge < -0.3 is 0 Å². The topological polar surface area (TPSA) is 58.4 Å². The Kier molecular flexibility index (Phi) is 5.45. The van der Waals surface area contributed by atoms with Crippen molar-refractivity contribution >= 4 is 10.0 Å². The highest BCUT2D eigenvalue weighted by atomic mass is 32.2. The molecule has 0 saturated carbocycles. The Hall–Kier alpha value is -1.77. The third-order valence-electron chi connectivity index (χ3n) is 4.90. The van der Waals surface area contributed by atoms with E-state index >= 15 is 0 Å². The first-order chi connectivity index (χ1) is 12.3. The van der Waals surface area contributed by atoms with Crippen LogP contribution < -0.4 is 0 Å². The van der Waals surface area contributed by atoms with Crippen molar-refractivity contribution in [2.45, 2.75) is 38.8 Å². The van der Waals surface area contributed by atoms with Crippen molar-refractivity contribution in [1.29, 1.82) is 0 Å². The quantitative estimate of drug-likeness (QED) is 0.798. The van der Waals surface area contributed by atoms with Gasteiger partial charge in [0, 0.05) is 44.8 Å². The zero-order chi connectivity index (χ0) is 18.9. The molecule has 0 amide bonds. The fourth-order valence-electron chi connectivity index (χ4n) is 3.49. The van der Waals surface area contributed by atoms with Crippen LogP contribution in [0.15, 0.2) is 29.2 Å². The van der Waals surface area contributed by atoms with Gasteiger partial charge in [-0.3, -0.25) is 9.58 Å². The van der Waals surface area contributed by atoms with Gasteiger partial charge in [0.05, 0.1) is 11.4 Å². The molecule has 0 bridgehead atoms. The average molecular weight is 380 g/mol. The van der Waals surface area contributed by atoms with Crippen LogP contribution in [0.4, 0.5) is 4.39 Å². The van der Waals surface area contributed by atoms with Gasteiger partial charge >= 0.3 is 0 Å². The molecule has 142 valence electrons. The zero-order valence-electron chi connectivity index (χ0n) is 15.4. The number of benzene rings is 1. The summed E-state index contributed by atoms with van der Waals surface area (Å²) >= 11 is 0. The molecule has 0 radical (unpaired) electrons. The van der Waals surface area contributed by atoms with Gasteiger partial charge in [-0.1, -0.05) is 18.2 Å². The van der Waals surface area contributed by atoms with Crippen LogP contribution in [0, 0.1) is 19.7 Å². The highest BCUT2D eigenvalue weighted by molar-refractivity contribution is 7.89. The van der Waals surface area contributed by atoms with E-state index < -0.39 is 10.0 Å². The van der Waals surface area contributed by atoms with E-state index in [0.29, 0.717) is 61.1 Å². The largest absolute Gasteiger partial charge is 0.296 e. The summed E-state index contributed by atoms with van der Waals surface area (Å²) in [5.74, 6) is -0.221. The van der Waals surface area contributed by atoms with Gasteiger partial charge in [-0.25, -0.2) is 12.8 Å². The minimum absolute atomic E-state index is 0.221. The molecule has 1 saturated heterocycles. The maximum atomic E-state index is 13.8. The highest BCUT2D eigenvalue weighted by Crippen LogP contribution is 2.25. The monoisotopic (exact) mass is 380 g/mol. The number of halogens is 1. The lowest BCUT2D eigenvalue weighted by molar-refractivity contribution is 0.180. The van der Waals surface area contributed by atoms with Gasteiger partial charge in [-0.05, 0) is 26.8 Å². The molecule has 3 rings (SSSR count). The van der Waals surface area contributed by atoms with Crippen LogP contribution in [-0.2, 0) is 23.1 Å². The fraction of sp³-hybridized carbons (Fsp3) is 0.500. The summed E-state index contributed by atoms with van der Waals surface area (Å²) in [6, 6.07) is 6.71. The van der Waals surface area contributed by atoms with E-state index in [1.54, 1.807) is 30.7 Å². The number of hydrogen-bond donors (Lipinski definition) is 0. The molecule has 0 N–H and O–H groups in total. The molecule has 1 aliphatic heterocycles. The smallest absolute Gasteiger partial charge is 0.246 e. The van der Waals surface area contributed by atoms with E-state index in [1.165, 1.54) is 10.4 Å². The Morgan fingerprint density at radius 3 is 2.35 bits per heavy atom. The van der Waals surface area contributed by atoms with Gasteiger partial charge in [-0.15, -0.1) is 0 Å². The van der Waals surface area contributed by atoms with Crippen LogP contribution in [0.25, 0.3) is 0 Å². The third-order valence-corrected chi connectivity index (χ3v) is 7.05. The summed E-state index contributed by atoms with van der Waals surface area (Å²) in [4.78, 5) is 2.40. The Morgan fingerprint density at radius 1 is 1.12 bits per heavy atom. The molecule has 0 spiro atoms. The number of piperazine rings is 1. The predicted molar refractivity (Wildman–Crippen MR) is 97.8 cm³/mol. The lowest BCUT2D eigenvalue weighted by atomic mass is 10.2. The highest BCUT2D eigenvalue weighted by Gasteiger charge is 2.33. The van der Waals surface area contributed by atoms with Gasteiger partial charge in [0.25, 0.3) is 0 Å². The molecule has 1 fully saturated rings. The normalized spacial score (nSPS) is 16.9. The second-order valence-corrected chi connectivity index (χ2v) is 8.46. The van der Waals surface area contributed by atoms with Gasteiger partial charge in [0.1, 0.15) is 10.7 Å². The number of aromatic nitrogens is 2.